The molecule has 1 fully saturated rings. The van der Waals surface area contributed by atoms with Crippen LogP contribution in [0.3, 0.4) is 0 Å². The second-order valence-electron chi connectivity index (χ2n) is 6.25. The van der Waals surface area contributed by atoms with Crippen LogP contribution in [0.5, 0.6) is 0 Å². The number of nitrogens with zero attached hydrogens (tertiary/aromatic N) is 3. The van der Waals surface area contributed by atoms with Crippen molar-refractivity contribution in [1.29, 1.82) is 0 Å². The van der Waals surface area contributed by atoms with Crippen molar-refractivity contribution in [2.75, 3.05) is 51.3 Å². The van der Waals surface area contributed by atoms with Crippen molar-refractivity contribution in [2.24, 2.45) is 4.99 Å². The summed E-state index contributed by atoms with van der Waals surface area (Å²) in [6.07, 6.45) is 0.313. The second kappa shape index (κ2) is 11.3. The van der Waals surface area contributed by atoms with E-state index in [0.717, 1.165) is 38.7 Å². The fourth-order valence-corrected chi connectivity index (χ4v) is 3.02. The number of guanidine groups is 1. The van der Waals surface area contributed by atoms with Crippen LogP contribution < -0.4 is 10.2 Å². The summed E-state index contributed by atoms with van der Waals surface area (Å²) in [4.78, 5) is 20.5. The first-order valence-corrected chi connectivity index (χ1v) is 8.98. The summed E-state index contributed by atoms with van der Waals surface area (Å²) in [5.41, 5.74) is 4.01. The molecule has 0 radical (unpaired) electrons. The van der Waals surface area contributed by atoms with Gasteiger partial charge in [0, 0.05) is 38.4 Å². The molecule has 0 aliphatic carbocycles. The smallest absolute Gasteiger partial charge is 0.307 e. The van der Waals surface area contributed by atoms with Crippen LogP contribution in [0.4, 0.5) is 5.69 Å². The van der Waals surface area contributed by atoms with Crippen LogP contribution in [0.25, 0.3) is 0 Å². The van der Waals surface area contributed by atoms with E-state index in [-0.39, 0.29) is 29.9 Å². The molecule has 0 bridgehead atoms. The van der Waals surface area contributed by atoms with Crippen LogP contribution in [0.1, 0.15) is 24.5 Å². The Morgan fingerprint density at radius 1 is 1.23 bits per heavy atom. The third kappa shape index (κ3) is 6.03. The van der Waals surface area contributed by atoms with E-state index in [1.54, 1.807) is 0 Å². The number of hydrogen-bond donors (Lipinski definition) is 1. The Bertz CT molecular complexity index is 614. The Morgan fingerprint density at radius 3 is 2.54 bits per heavy atom. The summed E-state index contributed by atoms with van der Waals surface area (Å²) in [6, 6.07) is 6.49. The predicted molar refractivity (Wildman–Crippen MR) is 118 cm³/mol. The number of hydrogen-bond acceptors (Lipinski definition) is 4. The van der Waals surface area contributed by atoms with E-state index in [4.69, 9.17) is 0 Å². The molecule has 1 aliphatic rings. The summed E-state index contributed by atoms with van der Waals surface area (Å²) in [5.74, 6) is 0.659. The average Bonchev–Trinajstić information content (AvgIpc) is 2.63. The summed E-state index contributed by atoms with van der Waals surface area (Å²) >= 11 is 0. The lowest BCUT2D eigenvalue weighted by molar-refractivity contribution is -0.140. The molecule has 2 rings (SSSR count). The fraction of sp³-hybridized carbons (Fsp3) is 0.579. The number of benzene rings is 1. The van der Waals surface area contributed by atoms with Crippen molar-refractivity contribution < 1.29 is 9.53 Å². The quantitative estimate of drug-likeness (QED) is 0.308. The molecule has 1 aromatic carbocycles. The lowest BCUT2D eigenvalue weighted by Gasteiger charge is -2.38. The van der Waals surface area contributed by atoms with E-state index < -0.39 is 0 Å². The Labute approximate surface area is 174 Å². The molecule has 0 unspecified atom stereocenters. The highest BCUT2D eigenvalue weighted by atomic mass is 127. The molecular weight excluding hydrogens is 443 g/mol. The van der Waals surface area contributed by atoms with Gasteiger partial charge in [-0.25, -0.2) is 0 Å². The monoisotopic (exact) mass is 474 g/mol. The van der Waals surface area contributed by atoms with E-state index in [9.17, 15) is 4.79 Å². The topological polar surface area (TPSA) is 57.2 Å². The van der Waals surface area contributed by atoms with E-state index in [1.807, 2.05) is 0 Å². The van der Waals surface area contributed by atoms with Crippen LogP contribution >= 0.6 is 24.0 Å². The summed E-state index contributed by atoms with van der Waals surface area (Å²) < 4.78 is 4.67. The first kappa shape index (κ1) is 22.5. The molecule has 1 N–H and O–H groups in total. The lowest BCUT2D eigenvalue weighted by atomic mass is 10.1. The summed E-state index contributed by atoms with van der Waals surface area (Å²) in [5, 5.41) is 3.32. The number of carbonyl (C=O) groups is 1. The number of carbonyl (C=O) groups excluding carboxylic acids is 1. The maximum absolute atomic E-state index is 11.3. The molecule has 0 aromatic heterocycles. The maximum Gasteiger partial charge on any atom is 0.307 e. The zero-order valence-electron chi connectivity index (χ0n) is 16.2. The normalized spacial score (nSPS) is 14.7. The highest BCUT2D eigenvalue weighted by molar-refractivity contribution is 14.0. The molecule has 1 aliphatic heterocycles. The minimum absolute atomic E-state index is 0. The Hall–Kier alpha value is -1.51. The highest BCUT2D eigenvalue weighted by Gasteiger charge is 2.21. The van der Waals surface area contributed by atoms with Gasteiger partial charge in [0.25, 0.3) is 0 Å². The summed E-state index contributed by atoms with van der Waals surface area (Å²) in [7, 11) is 1.41. The third-order valence-corrected chi connectivity index (χ3v) is 4.64. The molecule has 1 aromatic rings. The van der Waals surface area contributed by atoms with E-state index >= 15 is 0 Å². The molecular formula is C19H31IN4O2. The molecule has 1 heterocycles. The maximum atomic E-state index is 11.3. The third-order valence-electron chi connectivity index (χ3n) is 4.64. The number of rotatable bonds is 5. The van der Waals surface area contributed by atoms with Gasteiger partial charge in [0.1, 0.15) is 0 Å². The minimum atomic E-state index is -0.223. The standard InChI is InChI=1S/C19H30N4O2.HI/c1-5-20-19(21-10-9-18(24)25-4)23-13-11-22(12-14-23)17-8-6-7-15(2)16(17)3;/h6-8H,5,9-14H2,1-4H3,(H,20,21);1H. The number of aryl methyl sites for hydroxylation is 1. The largest absolute Gasteiger partial charge is 0.469 e. The van der Waals surface area contributed by atoms with Gasteiger partial charge in [0.2, 0.25) is 0 Å². The van der Waals surface area contributed by atoms with Crippen molar-refractivity contribution in [2.45, 2.75) is 27.2 Å². The van der Waals surface area contributed by atoms with Crippen LogP contribution in [0, 0.1) is 13.8 Å². The molecule has 0 saturated carbocycles. The number of aliphatic imine (C=N–C) groups is 1. The molecule has 1 saturated heterocycles. The lowest BCUT2D eigenvalue weighted by Crippen LogP contribution is -2.52. The number of halogens is 1. The molecule has 26 heavy (non-hydrogen) atoms. The first-order valence-electron chi connectivity index (χ1n) is 8.98. The summed E-state index contributed by atoms with van der Waals surface area (Å²) in [6.45, 7) is 11.4. The number of methoxy groups -OCH3 is 1. The minimum Gasteiger partial charge on any atom is -0.469 e. The van der Waals surface area contributed by atoms with Gasteiger partial charge in [-0.15, -0.1) is 24.0 Å². The fourth-order valence-electron chi connectivity index (χ4n) is 3.02. The number of ether oxygens (including phenoxy) is 1. The first-order chi connectivity index (χ1) is 12.1. The van der Waals surface area contributed by atoms with E-state index in [0.29, 0.717) is 13.0 Å². The van der Waals surface area contributed by atoms with Gasteiger partial charge in [-0.05, 0) is 38.0 Å². The van der Waals surface area contributed by atoms with Gasteiger partial charge in [-0.2, -0.15) is 0 Å². The molecule has 146 valence electrons. The van der Waals surface area contributed by atoms with Gasteiger partial charge in [0.05, 0.1) is 20.1 Å². The molecule has 6 nitrogen and oxygen atoms in total. The Kier molecular flexibility index (Phi) is 9.75. The number of esters is 1. The predicted octanol–water partition coefficient (Wildman–Crippen LogP) is 2.57. The molecule has 0 spiro atoms. The SMILES string of the molecule is CCNC(=NCCC(=O)OC)N1CCN(c2cccc(C)c2C)CC1.I. The van der Waals surface area contributed by atoms with Crippen molar-refractivity contribution >= 4 is 41.6 Å². The van der Waals surface area contributed by atoms with Gasteiger partial charge in [0.15, 0.2) is 5.96 Å². The Balaban J connectivity index is 0.00000338. The number of piperazine rings is 1. The van der Waals surface area contributed by atoms with Crippen molar-refractivity contribution in [3.63, 3.8) is 0 Å². The van der Waals surface area contributed by atoms with Crippen LogP contribution in [-0.2, 0) is 9.53 Å². The molecule has 0 atom stereocenters. The molecule has 7 heteroatoms. The van der Waals surface area contributed by atoms with Gasteiger partial charge in [-0.3, -0.25) is 9.79 Å². The van der Waals surface area contributed by atoms with Crippen LogP contribution in [0.2, 0.25) is 0 Å². The average molecular weight is 474 g/mol. The zero-order valence-corrected chi connectivity index (χ0v) is 18.6. The second-order valence-corrected chi connectivity index (χ2v) is 6.25. The Morgan fingerprint density at radius 2 is 1.92 bits per heavy atom. The van der Waals surface area contributed by atoms with Crippen molar-refractivity contribution in [3.05, 3.63) is 29.3 Å². The highest BCUT2D eigenvalue weighted by Crippen LogP contribution is 2.23. The number of nitrogens with one attached hydrogen (secondary N) is 1. The van der Waals surface area contributed by atoms with Gasteiger partial charge >= 0.3 is 5.97 Å². The van der Waals surface area contributed by atoms with Gasteiger partial charge in [-0.1, -0.05) is 12.1 Å². The number of anilines is 1. The van der Waals surface area contributed by atoms with Crippen molar-refractivity contribution in [3.8, 4) is 0 Å². The van der Waals surface area contributed by atoms with Crippen LogP contribution in [0.15, 0.2) is 23.2 Å². The zero-order chi connectivity index (χ0) is 18.2. The van der Waals surface area contributed by atoms with Crippen LogP contribution in [-0.4, -0.2) is 63.2 Å². The van der Waals surface area contributed by atoms with E-state index in [1.165, 1.54) is 23.9 Å². The van der Waals surface area contributed by atoms with Crippen molar-refractivity contribution in [1.82, 2.24) is 10.2 Å². The molecule has 0 amide bonds. The van der Waals surface area contributed by atoms with Gasteiger partial charge < -0.3 is 19.9 Å². The van der Waals surface area contributed by atoms with E-state index in [2.05, 4.69) is 63.8 Å².